The van der Waals surface area contributed by atoms with Crippen LogP contribution in [0.4, 0.5) is 0 Å². The van der Waals surface area contributed by atoms with Crippen LogP contribution in [0.5, 0.6) is 5.75 Å². The number of hydrogen-bond acceptors (Lipinski definition) is 6. The number of aromatic nitrogens is 4. The molecular formula is C31H39N5O3. The highest BCUT2D eigenvalue weighted by Gasteiger charge is 2.37. The SMILES string of the molecule is Cn1c(=O)n([C@@H]2CCOCC2(C)C)c2c3cc(-c4ccc(OCCCN5CCCCC5)cc4)ccc3nnc21. The lowest BCUT2D eigenvalue weighted by Crippen LogP contribution is -2.41. The van der Waals surface area contributed by atoms with Crippen LogP contribution in [0.3, 0.4) is 0 Å². The number of benzene rings is 2. The molecule has 39 heavy (non-hydrogen) atoms. The van der Waals surface area contributed by atoms with Crippen molar-refractivity contribution in [3.63, 3.8) is 0 Å². The zero-order chi connectivity index (χ0) is 27.0. The van der Waals surface area contributed by atoms with Crippen LogP contribution in [-0.4, -0.2) is 63.7 Å². The van der Waals surface area contributed by atoms with Crippen molar-refractivity contribution in [1.29, 1.82) is 0 Å². The smallest absolute Gasteiger partial charge is 0.330 e. The minimum atomic E-state index is -0.173. The van der Waals surface area contributed by atoms with Crippen molar-refractivity contribution in [2.24, 2.45) is 12.5 Å². The molecule has 0 spiro atoms. The number of aryl methyl sites for hydroxylation is 1. The first kappa shape index (κ1) is 26.0. The zero-order valence-electron chi connectivity index (χ0n) is 23.4. The fraction of sp³-hybridized carbons (Fsp3) is 0.516. The predicted octanol–water partition coefficient (Wildman–Crippen LogP) is 5.19. The summed E-state index contributed by atoms with van der Waals surface area (Å²) in [7, 11) is 1.78. The van der Waals surface area contributed by atoms with E-state index in [1.54, 1.807) is 11.6 Å². The van der Waals surface area contributed by atoms with Gasteiger partial charge in [0.25, 0.3) is 0 Å². The Bertz CT molecular complexity index is 1520. The number of fused-ring (bicyclic) bond motifs is 3. The second kappa shape index (κ2) is 10.7. The molecule has 0 unspecified atom stereocenters. The number of piperidine rings is 1. The standard InChI is InChI=1S/C31H39N5O3/c1-31(2)21-38-19-14-27(31)36-28-25-20-23(10-13-26(25)32-33-29(28)34(3)30(36)37)22-8-11-24(12-9-22)39-18-7-17-35-15-5-4-6-16-35/h8-13,20,27H,4-7,14-19,21H2,1-3H3/t27-/m1/s1. The molecule has 2 aliphatic rings. The molecule has 0 saturated carbocycles. The van der Waals surface area contributed by atoms with E-state index < -0.39 is 0 Å². The van der Waals surface area contributed by atoms with Gasteiger partial charge in [-0.15, -0.1) is 10.2 Å². The Balaban J connectivity index is 1.27. The van der Waals surface area contributed by atoms with E-state index in [-0.39, 0.29) is 17.1 Å². The summed E-state index contributed by atoms with van der Waals surface area (Å²) in [6.45, 7) is 9.90. The van der Waals surface area contributed by atoms with Crippen LogP contribution in [0.25, 0.3) is 33.2 Å². The van der Waals surface area contributed by atoms with Gasteiger partial charge in [0.2, 0.25) is 0 Å². The van der Waals surface area contributed by atoms with E-state index in [0.717, 1.165) is 59.3 Å². The molecule has 2 saturated heterocycles. The third-order valence-corrected chi connectivity index (χ3v) is 8.51. The molecule has 2 aromatic heterocycles. The maximum Gasteiger partial charge on any atom is 0.330 e. The Morgan fingerprint density at radius 3 is 2.56 bits per heavy atom. The molecule has 4 heterocycles. The molecule has 0 radical (unpaired) electrons. The van der Waals surface area contributed by atoms with E-state index in [1.807, 2.05) is 22.8 Å². The fourth-order valence-electron chi connectivity index (χ4n) is 6.26. The average molecular weight is 530 g/mol. The first-order chi connectivity index (χ1) is 18.9. The molecule has 2 aromatic carbocycles. The minimum Gasteiger partial charge on any atom is -0.494 e. The Morgan fingerprint density at radius 1 is 1.03 bits per heavy atom. The van der Waals surface area contributed by atoms with Crippen molar-refractivity contribution < 1.29 is 9.47 Å². The van der Waals surface area contributed by atoms with Gasteiger partial charge in [-0.2, -0.15) is 0 Å². The van der Waals surface area contributed by atoms with Crippen LogP contribution < -0.4 is 10.4 Å². The average Bonchev–Trinajstić information content (AvgIpc) is 3.21. The number of rotatable bonds is 7. The Kier molecular flexibility index (Phi) is 7.16. The molecule has 2 fully saturated rings. The van der Waals surface area contributed by atoms with Gasteiger partial charge in [0, 0.05) is 37.0 Å². The van der Waals surface area contributed by atoms with Gasteiger partial charge in [0.15, 0.2) is 5.65 Å². The summed E-state index contributed by atoms with van der Waals surface area (Å²) in [6, 6.07) is 14.5. The molecule has 0 aliphatic carbocycles. The van der Waals surface area contributed by atoms with Crippen molar-refractivity contribution in [2.45, 2.75) is 52.0 Å². The van der Waals surface area contributed by atoms with Crippen LogP contribution >= 0.6 is 0 Å². The second-order valence-electron chi connectivity index (χ2n) is 11.8. The maximum absolute atomic E-state index is 13.5. The topological polar surface area (TPSA) is 74.4 Å². The van der Waals surface area contributed by atoms with Crippen molar-refractivity contribution >= 4 is 22.1 Å². The number of imidazole rings is 1. The number of nitrogens with zero attached hydrogens (tertiary/aromatic N) is 5. The highest BCUT2D eigenvalue weighted by molar-refractivity contribution is 6.02. The van der Waals surface area contributed by atoms with E-state index >= 15 is 0 Å². The van der Waals surface area contributed by atoms with Crippen LogP contribution in [-0.2, 0) is 11.8 Å². The van der Waals surface area contributed by atoms with Gasteiger partial charge in [0.1, 0.15) is 11.3 Å². The van der Waals surface area contributed by atoms with E-state index in [1.165, 1.54) is 32.4 Å². The van der Waals surface area contributed by atoms with Gasteiger partial charge in [-0.05, 0) is 74.2 Å². The third kappa shape index (κ3) is 5.08. The van der Waals surface area contributed by atoms with E-state index in [9.17, 15) is 4.79 Å². The summed E-state index contributed by atoms with van der Waals surface area (Å²) in [6.07, 6.45) is 5.85. The Labute approximate surface area is 229 Å². The molecule has 0 amide bonds. The third-order valence-electron chi connectivity index (χ3n) is 8.51. The number of ether oxygens (including phenoxy) is 2. The Hall–Kier alpha value is -3.23. The lowest BCUT2D eigenvalue weighted by atomic mass is 9.81. The van der Waals surface area contributed by atoms with Crippen molar-refractivity contribution in [3.8, 4) is 16.9 Å². The van der Waals surface area contributed by atoms with Crippen molar-refractivity contribution in [2.75, 3.05) is 39.5 Å². The molecule has 0 bridgehead atoms. The van der Waals surface area contributed by atoms with Gasteiger partial charge in [-0.25, -0.2) is 4.79 Å². The summed E-state index contributed by atoms with van der Waals surface area (Å²) in [5.74, 6) is 0.894. The van der Waals surface area contributed by atoms with Crippen LogP contribution in [0.15, 0.2) is 47.3 Å². The number of hydrogen-bond donors (Lipinski definition) is 0. The summed E-state index contributed by atoms with van der Waals surface area (Å²) in [4.78, 5) is 16.1. The summed E-state index contributed by atoms with van der Waals surface area (Å²) in [5.41, 5.74) is 4.18. The number of likely N-dealkylation sites (tertiary alicyclic amines) is 1. The Morgan fingerprint density at radius 2 is 1.79 bits per heavy atom. The van der Waals surface area contributed by atoms with E-state index in [4.69, 9.17) is 9.47 Å². The van der Waals surface area contributed by atoms with Crippen molar-refractivity contribution in [1.82, 2.24) is 24.2 Å². The summed E-state index contributed by atoms with van der Waals surface area (Å²) >= 11 is 0. The van der Waals surface area contributed by atoms with Gasteiger partial charge < -0.3 is 14.4 Å². The summed E-state index contributed by atoms with van der Waals surface area (Å²) < 4.78 is 15.4. The monoisotopic (exact) mass is 529 g/mol. The highest BCUT2D eigenvalue weighted by Crippen LogP contribution is 2.39. The van der Waals surface area contributed by atoms with Crippen LogP contribution in [0.1, 0.15) is 52.0 Å². The van der Waals surface area contributed by atoms with Gasteiger partial charge in [-0.3, -0.25) is 9.13 Å². The molecule has 0 N–H and O–H groups in total. The first-order valence-corrected chi connectivity index (χ1v) is 14.3. The molecule has 8 nitrogen and oxygen atoms in total. The maximum atomic E-state index is 13.5. The summed E-state index contributed by atoms with van der Waals surface area (Å²) in [5, 5.41) is 9.85. The first-order valence-electron chi connectivity index (χ1n) is 14.3. The van der Waals surface area contributed by atoms with Gasteiger partial charge in [0.05, 0.1) is 18.7 Å². The van der Waals surface area contributed by atoms with Gasteiger partial charge >= 0.3 is 5.69 Å². The predicted molar refractivity (Wildman–Crippen MR) is 154 cm³/mol. The zero-order valence-corrected chi connectivity index (χ0v) is 23.4. The quantitative estimate of drug-likeness (QED) is 0.307. The minimum absolute atomic E-state index is 0.0184. The molecule has 4 aromatic rings. The van der Waals surface area contributed by atoms with E-state index in [0.29, 0.717) is 18.9 Å². The van der Waals surface area contributed by atoms with Crippen LogP contribution in [0, 0.1) is 5.41 Å². The van der Waals surface area contributed by atoms with Crippen LogP contribution in [0.2, 0.25) is 0 Å². The molecule has 8 heteroatoms. The molecule has 6 rings (SSSR count). The van der Waals surface area contributed by atoms with Gasteiger partial charge in [-0.1, -0.05) is 38.5 Å². The fourth-order valence-corrected chi connectivity index (χ4v) is 6.26. The largest absolute Gasteiger partial charge is 0.494 e. The van der Waals surface area contributed by atoms with E-state index in [2.05, 4.69) is 53.2 Å². The van der Waals surface area contributed by atoms with Crippen molar-refractivity contribution in [3.05, 3.63) is 52.9 Å². The molecule has 206 valence electrons. The normalized spacial score (nSPS) is 20.0. The highest BCUT2D eigenvalue weighted by atomic mass is 16.5. The lowest BCUT2D eigenvalue weighted by Gasteiger charge is -2.38. The molecule has 1 atom stereocenters. The molecule has 2 aliphatic heterocycles. The molecular weight excluding hydrogens is 490 g/mol. The lowest BCUT2D eigenvalue weighted by molar-refractivity contribution is -0.0253. The second-order valence-corrected chi connectivity index (χ2v) is 11.8.